The number of nitrogens with zero attached hydrogens (tertiary/aromatic N) is 1. The molecule has 41 heavy (non-hydrogen) atoms. The Morgan fingerprint density at radius 3 is 2.39 bits per heavy atom. The summed E-state index contributed by atoms with van der Waals surface area (Å²) >= 11 is 0. The van der Waals surface area contributed by atoms with Gasteiger partial charge in [-0.25, -0.2) is 9.59 Å². The Labute approximate surface area is 233 Å². The minimum absolute atomic E-state index is 0.0643. The van der Waals surface area contributed by atoms with Crippen molar-refractivity contribution < 1.29 is 42.5 Å². The van der Waals surface area contributed by atoms with Crippen LogP contribution in [0.1, 0.15) is 60.3 Å². The first-order chi connectivity index (χ1) is 19.9. The topological polar surface area (TPSA) is 131 Å². The van der Waals surface area contributed by atoms with Crippen LogP contribution in [0, 0.1) is 0 Å². The molecule has 4 heterocycles. The van der Waals surface area contributed by atoms with Gasteiger partial charge in [-0.05, 0) is 60.2 Å². The molecule has 2 aromatic carbocycles. The van der Waals surface area contributed by atoms with Gasteiger partial charge in [0.15, 0.2) is 5.76 Å². The second-order valence-electron chi connectivity index (χ2n) is 9.30. The van der Waals surface area contributed by atoms with E-state index in [1.54, 1.807) is 54.9 Å². The lowest BCUT2D eigenvalue weighted by molar-refractivity contribution is -0.135. The summed E-state index contributed by atoms with van der Waals surface area (Å²) in [5.41, 5.74) is 2.22. The molecule has 0 fully saturated rings. The number of carbonyl (C=O) groups is 4. The molecule has 2 aliphatic rings. The Hall–Kier alpha value is -5.51. The third kappa shape index (κ3) is 4.65. The van der Waals surface area contributed by atoms with E-state index in [1.165, 1.54) is 32.4 Å². The Kier molecular flexibility index (Phi) is 6.43. The van der Waals surface area contributed by atoms with Gasteiger partial charge in [-0.2, -0.15) is 0 Å². The van der Waals surface area contributed by atoms with Gasteiger partial charge in [0.1, 0.15) is 23.0 Å². The molecule has 1 unspecified atom stereocenters. The zero-order valence-electron chi connectivity index (χ0n) is 21.8. The molecule has 0 bridgehead atoms. The number of furan rings is 1. The molecule has 2 aliphatic heterocycles. The third-order valence-electron chi connectivity index (χ3n) is 6.79. The Morgan fingerprint density at radius 2 is 1.71 bits per heavy atom. The van der Waals surface area contributed by atoms with Crippen LogP contribution in [0.15, 0.2) is 77.2 Å². The lowest BCUT2D eigenvalue weighted by Crippen LogP contribution is -2.21. The maximum absolute atomic E-state index is 13.2. The number of allylic oxidation sites excluding steroid dienone is 1. The van der Waals surface area contributed by atoms with Crippen molar-refractivity contribution in [3.63, 3.8) is 0 Å². The van der Waals surface area contributed by atoms with E-state index < -0.39 is 23.8 Å². The van der Waals surface area contributed by atoms with E-state index in [0.717, 1.165) is 0 Å². The molecule has 10 heteroatoms. The highest BCUT2D eigenvalue weighted by molar-refractivity contribution is 6.15. The molecular weight excluding hydrogens is 530 g/mol. The Bertz CT molecular complexity index is 1730. The summed E-state index contributed by atoms with van der Waals surface area (Å²) in [5.74, 6) is -1.29. The number of hydrogen-bond donors (Lipinski definition) is 0. The standard InChI is InChI=1S/C31H21NO9/c1-37-30(35)18-11-17(12-19(13-18)31(36)38-2)22-7-8-23(39-22)21-14-26(33)40-24-6-5-20-28(34)25(41-29(20)27(21)24)10-16-4-3-9-32-15-16/h3-13,15,21H,14H2,1-2H3/b25-10-. The van der Waals surface area contributed by atoms with Crippen LogP contribution in [0.25, 0.3) is 17.4 Å². The Morgan fingerprint density at radius 1 is 0.951 bits per heavy atom. The smallest absolute Gasteiger partial charge is 0.337 e. The maximum atomic E-state index is 13.2. The van der Waals surface area contributed by atoms with Gasteiger partial charge in [0.25, 0.3) is 0 Å². The van der Waals surface area contributed by atoms with Gasteiger partial charge in [-0.3, -0.25) is 14.6 Å². The van der Waals surface area contributed by atoms with Gasteiger partial charge in [-0.1, -0.05) is 6.07 Å². The summed E-state index contributed by atoms with van der Waals surface area (Å²) in [6.45, 7) is 0. The summed E-state index contributed by atoms with van der Waals surface area (Å²) in [6, 6.07) is 14.5. The number of pyridine rings is 1. The van der Waals surface area contributed by atoms with E-state index in [9.17, 15) is 19.2 Å². The molecule has 0 saturated carbocycles. The van der Waals surface area contributed by atoms with Crippen LogP contribution in [0.5, 0.6) is 11.5 Å². The predicted octanol–water partition coefficient (Wildman–Crippen LogP) is 4.97. The van der Waals surface area contributed by atoms with Gasteiger partial charge in [0, 0.05) is 23.5 Å². The highest BCUT2D eigenvalue weighted by Crippen LogP contribution is 2.49. The van der Waals surface area contributed by atoms with E-state index in [-0.39, 0.29) is 34.8 Å². The van der Waals surface area contributed by atoms with Crippen molar-refractivity contribution >= 4 is 29.8 Å². The van der Waals surface area contributed by atoms with Gasteiger partial charge in [0.2, 0.25) is 5.78 Å². The van der Waals surface area contributed by atoms with E-state index >= 15 is 0 Å². The van der Waals surface area contributed by atoms with Crippen LogP contribution in [0.3, 0.4) is 0 Å². The van der Waals surface area contributed by atoms with Crippen molar-refractivity contribution in [3.05, 3.63) is 106 Å². The summed E-state index contributed by atoms with van der Waals surface area (Å²) < 4.78 is 27.4. The average molecular weight is 552 g/mol. The zero-order valence-corrected chi connectivity index (χ0v) is 21.8. The average Bonchev–Trinajstić information content (AvgIpc) is 3.61. The van der Waals surface area contributed by atoms with Crippen LogP contribution < -0.4 is 9.47 Å². The van der Waals surface area contributed by atoms with Gasteiger partial charge < -0.3 is 23.4 Å². The molecule has 4 aromatic rings. The second-order valence-corrected chi connectivity index (χ2v) is 9.30. The van der Waals surface area contributed by atoms with Crippen molar-refractivity contribution in [2.75, 3.05) is 14.2 Å². The molecule has 0 amide bonds. The number of esters is 3. The normalized spacial score (nSPS) is 16.4. The summed E-state index contributed by atoms with van der Waals surface area (Å²) in [5, 5.41) is 0. The number of fused-ring (bicyclic) bond motifs is 3. The number of methoxy groups -OCH3 is 2. The van der Waals surface area contributed by atoms with E-state index in [1.807, 2.05) is 0 Å². The van der Waals surface area contributed by atoms with Crippen molar-refractivity contribution in [1.29, 1.82) is 0 Å². The van der Waals surface area contributed by atoms with Gasteiger partial charge >= 0.3 is 17.9 Å². The zero-order chi connectivity index (χ0) is 28.7. The predicted molar refractivity (Wildman–Crippen MR) is 143 cm³/mol. The van der Waals surface area contributed by atoms with Crippen LogP contribution in [-0.4, -0.2) is 42.9 Å². The SMILES string of the molecule is COC(=O)c1cc(C(=O)OC)cc(-c2ccc(C3CC(=O)Oc4ccc5c(c43)O/C(=C\c3cccnc3)C5=O)o2)c1. The minimum atomic E-state index is -0.639. The number of ether oxygens (including phenoxy) is 4. The molecule has 10 nitrogen and oxygen atoms in total. The first-order valence-electron chi connectivity index (χ1n) is 12.5. The van der Waals surface area contributed by atoms with Crippen LogP contribution in [0.2, 0.25) is 0 Å². The molecule has 0 N–H and O–H groups in total. The molecule has 0 spiro atoms. The largest absolute Gasteiger partial charge is 0.465 e. The molecule has 1 atom stereocenters. The quantitative estimate of drug-likeness (QED) is 0.190. The van der Waals surface area contributed by atoms with Crippen molar-refractivity contribution in [1.82, 2.24) is 4.98 Å². The van der Waals surface area contributed by atoms with Crippen molar-refractivity contribution in [2.45, 2.75) is 12.3 Å². The maximum Gasteiger partial charge on any atom is 0.337 e. The van der Waals surface area contributed by atoms with Crippen LogP contribution in [-0.2, 0) is 14.3 Å². The van der Waals surface area contributed by atoms with E-state index in [2.05, 4.69) is 4.98 Å². The fourth-order valence-electron chi connectivity index (χ4n) is 4.90. The van der Waals surface area contributed by atoms with Crippen LogP contribution in [0.4, 0.5) is 0 Å². The molecule has 0 aliphatic carbocycles. The molecule has 0 saturated heterocycles. The van der Waals surface area contributed by atoms with Crippen molar-refractivity contribution in [2.24, 2.45) is 0 Å². The first kappa shape index (κ1) is 25.8. The number of ketones is 1. The van der Waals surface area contributed by atoms with Crippen molar-refractivity contribution in [3.8, 4) is 22.8 Å². The fraction of sp³-hybridized carbons (Fsp3) is 0.129. The highest BCUT2D eigenvalue weighted by Gasteiger charge is 2.39. The number of Topliss-reactive ketones (excluding diaryl/α,β-unsaturated/α-hetero) is 1. The van der Waals surface area contributed by atoms with Gasteiger partial charge in [0.05, 0.1) is 43.2 Å². The molecular formula is C31H21NO9. The van der Waals surface area contributed by atoms with Crippen LogP contribution >= 0.6 is 0 Å². The molecule has 204 valence electrons. The lowest BCUT2D eigenvalue weighted by Gasteiger charge is -2.24. The monoisotopic (exact) mass is 551 g/mol. The third-order valence-corrected chi connectivity index (χ3v) is 6.79. The highest BCUT2D eigenvalue weighted by atomic mass is 16.5. The molecule has 6 rings (SSSR count). The summed E-state index contributed by atoms with van der Waals surface area (Å²) in [4.78, 5) is 54.3. The number of carbonyl (C=O) groups excluding carboxylic acids is 4. The second kappa shape index (κ2) is 10.2. The number of hydrogen-bond acceptors (Lipinski definition) is 10. The fourth-order valence-corrected chi connectivity index (χ4v) is 4.90. The molecule has 2 aromatic heterocycles. The van der Waals surface area contributed by atoms with E-state index in [0.29, 0.717) is 39.5 Å². The minimum Gasteiger partial charge on any atom is -0.465 e. The Balaban J connectivity index is 1.41. The summed E-state index contributed by atoms with van der Waals surface area (Å²) in [7, 11) is 2.47. The number of aromatic nitrogens is 1. The van der Waals surface area contributed by atoms with E-state index in [4.69, 9.17) is 23.4 Å². The number of benzene rings is 2. The molecule has 0 radical (unpaired) electrons. The lowest BCUT2D eigenvalue weighted by atomic mass is 9.88. The first-order valence-corrected chi connectivity index (χ1v) is 12.5. The summed E-state index contributed by atoms with van der Waals surface area (Å²) in [6.07, 6.45) is 4.77. The van der Waals surface area contributed by atoms with Gasteiger partial charge in [-0.15, -0.1) is 0 Å². The number of rotatable bonds is 5.